The molecule has 0 saturated heterocycles. The quantitative estimate of drug-likeness (QED) is 0.781. The molecule has 0 aliphatic rings. The Balaban J connectivity index is 2.82. The van der Waals surface area contributed by atoms with Crippen molar-refractivity contribution in [1.82, 2.24) is 0 Å². The van der Waals surface area contributed by atoms with Gasteiger partial charge in [0.25, 0.3) is 5.91 Å². The molecule has 0 aromatic heterocycles. The highest BCUT2D eigenvalue weighted by molar-refractivity contribution is 6.43. The van der Waals surface area contributed by atoms with Gasteiger partial charge in [0.05, 0.1) is 5.03 Å². The van der Waals surface area contributed by atoms with Gasteiger partial charge in [0.15, 0.2) is 0 Å². The maximum absolute atomic E-state index is 11.3. The molecular weight excluding hydrogens is 210 g/mol. The third-order valence-corrected chi connectivity index (χ3v) is 2.23. The molecule has 0 fully saturated rings. The van der Waals surface area contributed by atoms with Gasteiger partial charge in [0, 0.05) is 5.69 Å². The lowest BCUT2D eigenvalue weighted by Crippen LogP contribution is -2.10. The fraction of sp³-hybridized carbons (Fsp3) is 0.250. The van der Waals surface area contributed by atoms with Gasteiger partial charge in [-0.2, -0.15) is 0 Å². The van der Waals surface area contributed by atoms with Gasteiger partial charge in [-0.15, -0.1) is 0 Å². The van der Waals surface area contributed by atoms with Crippen LogP contribution in [0.2, 0.25) is 0 Å². The summed E-state index contributed by atoms with van der Waals surface area (Å²) in [6, 6.07) is 7.68. The molecule has 0 heterocycles. The Hall–Kier alpha value is -1.28. The first-order chi connectivity index (χ1) is 7.00. The Kier molecular flexibility index (Phi) is 3.92. The van der Waals surface area contributed by atoms with Crippen molar-refractivity contribution in [1.29, 1.82) is 0 Å². The SMILES string of the molecule is C=C(Cl)C(=O)Nc1cccc(C(C)C)c1. The maximum atomic E-state index is 11.3. The molecule has 1 N–H and O–H groups in total. The summed E-state index contributed by atoms with van der Waals surface area (Å²) in [6.45, 7) is 7.56. The first-order valence-corrected chi connectivity index (χ1v) is 5.14. The van der Waals surface area contributed by atoms with Crippen LogP contribution in [0, 0.1) is 0 Å². The second-order valence-electron chi connectivity index (χ2n) is 3.64. The normalized spacial score (nSPS) is 10.1. The van der Waals surface area contributed by atoms with Crippen LogP contribution in [-0.4, -0.2) is 5.91 Å². The molecule has 0 spiro atoms. The molecule has 0 aliphatic heterocycles. The summed E-state index contributed by atoms with van der Waals surface area (Å²) in [7, 11) is 0. The monoisotopic (exact) mass is 223 g/mol. The highest BCUT2D eigenvalue weighted by Crippen LogP contribution is 2.18. The second kappa shape index (κ2) is 4.99. The van der Waals surface area contributed by atoms with Gasteiger partial charge < -0.3 is 5.32 Å². The highest BCUT2D eigenvalue weighted by atomic mass is 35.5. The fourth-order valence-electron chi connectivity index (χ4n) is 1.17. The molecule has 0 radical (unpaired) electrons. The smallest absolute Gasteiger partial charge is 0.266 e. The van der Waals surface area contributed by atoms with Crippen LogP contribution < -0.4 is 5.32 Å². The van der Waals surface area contributed by atoms with Crippen molar-refractivity contribution in [3.05, 3.63) is 41.4 Å². The van der Waals surface area contributed by atoms with Crippen LogP contribution in [0.1, 0.15) is 25.3 Å². The predicted molar refractivity (Wildman–Crippen MR) is 64.2 cm³/mol. The molecule has 15 heavy (non-hydrogen) atoms. The number of nitrogens with one attached hydrogen (secondary N) is 1. The molecule has 1 amide bonds. The highest BCUT2D eigenvalue weighted by Gasteiger charge is 2.05. The Morgan fingerprint density at radius 1 is 1.47 bits per heavy atom. The number of hydrogen-bond acceptors (Lipinski definition) is 1. The summed E-state index contributed by atoms with van der Waals surface area (Å²) in [6.07, 6.45) is 0. The van der Waals surface area contributed by atoms with Crippen molar-refractivity contribution in [2.75, 3.05) is 5.32 Å². The van der Waals surface area contributed by atoms with Crippen LogP contribution in [0.15, 0.2) is 35.9 Å². The lowest BCUT2D eigenvalue weighted by atomic mass is 10.0. The van der Waals surface area contributed by atoms with Gasteiger partial charge in [0.2, 0.25) is 0 Å². The summed E-state index contributed by atoms with van der Waals surface area (Å²) < 4.78 is 0. The molecule has 1 aromatic rings. The van der Waals surface area contributed by atoms with E-state index in [4.69, 9.17) is 11.6 Å². The fourth-order valence-corrected chi connectivity index (χ4v) is 1.22. The minimum atomic E-state index is -0.363. The molecule has 80 valence electrons. The van der Waals surface area contributed by atoms with Crippen LogP contribution >= 0.6 is 11.6 Å². The number of halogens is 1. The van der Waals surface area contributed by atoms with E-state index < -0.39 is 0 Å². The van der Waals surface area contributed by atoms with Crippen molar-refractivity contribution in [2.45, 2.75) is 19.8 Å². The molecule has 0 aliphatic carbocycles. The lowest BCUT2D eigenvalue weighted by Gasteiger charge is -2.08. The largest absolute Gasteiger partial charge is 0.321 e. The van der Waals surface area contributed by atoms with Gasteiger partial charge in [-0.25, -0.2) is 0 Å². The number of benzene rings is 1. The number of amides is 1. The molecule has 2 nitrogen and oxygen atoms in total. The average molecular weight is 224 g/mol. The van der Waals surface area contributed by atoms with Crippen molar-refractivity contribution in [3.63, 3.8) is 0 Å². The predicted octanol–water partition coefficient (Wildman–Crippen LogP) is 3.50. The summed E-state index contributed by atoms with van der Waals surface area (Å²) in [5.41, 5.74) is 1.92. The number of rotatable bonds is 3. The summed E-state index contributed by atoms with van der Waals surface area (Å²) >= 11 is 5.47. The van der Waals surface area contributed by atoms with Gasteiger partial charge in [-0.3, -0.25) is 4.79 Å². The number of anilines is 1. The lowest BCUT2D eigenvalue weighted by molar-refractivity contribution is -0.112. The van der Waals surface area contributed by atoms with Gasteiger partial charge in [0.1, 0.15) is 0 Å². The van der Waals surface area contributed by atoms with E-state index in [1.807, 2.05) is 24.3 Å². The average Bonchev–Trinajstić information content (AvgIpc) is 2.18. The number of hydrogen-bond donors (Lipinski definition) is 1. The van der Waals surface area contributed by atoms with E-state index in [-0.39, 0.29) is 10.9 Å². The maximum Gasteiger partial charge on any atom is 0.266 e. The van der Waals surface area contributed by atoms with E-state index in [2.05, 4.69) is 25.7 Å². The Morgan fingerprint density at radius 2 is 2.13 bits per heavy atom. The Morgan fingerprint density at radius 3 is 2.67 bits per heavy atom. The van der Waals surface area contributed by atoms with E-state index in [1.54, 1.807) is 0 Å². The Bertz CT molecular complexity index is 385. The number of carbonyl (C=O) groups is 1. The zero-order valence-electron chi connectivity index (χ0n) is 8.88. The first-order valence-electron chi connectivity index (χ1n) is 4.76. The molecule has 0 saturated carbocycles. The van der Waals surface area contributed by atoms with Crippen molar-refractivity contribution < 1.29 is 4.79 Å². The molecule has 1 aromatic carbocycles. The van der Waals surface area contributed by atoms with Crippen LogP contribution in [0.4, 0.5) is 5.69 Å². The van der Waals surface area contributed by atoms with Crippen molar-refractivity contribution in [2.24, 2.45) is 0 Å². The van der Waals surface area contributed by atoms with Crippen molar-refractivity contribution >= 4 is 23.2 Å². The zero-order valence-corrected chi connectivity index (χ0v) is 9.64. The van der Waals surface area contributed by atoms with E-state index in [0.29, 0.717) is 5.92 Å². The minimum Gasteiger partial charge on any atom is -0.321 e. The van der Waals surface area contributed by atoms with Crippen molar-refractivity contribution in [3.8, 4) is 0 Å². The van der Waals surface area contributed by atoms with E-state index in [0.717, 1.165) is 5.69 Å². The van der Waals surface area contributed by atoms with Crippen LogP contribution in [0.5, 0.6) is 0 Å². The van der Waals surface area contributed by atoms with E-state index >= 15 is 0 Å². The van der Waals surface area contributed by atoms with Gasteiger partial charge in [-0.05, 0) is 23.6 Å². The number of carbonyl (C=O) groups excluding carboxylic acids is 1. The third kappa shape index (κ3) is 3.40. The van der Waals surface area contributed by atoms with Gasteiger partial charge in [-0.1, -0.05) is 44.2 Å². The standard InChI is InChI=1S/C12H14ClNO/c1-8(2)10-5-4-6-11(7-10)14-12(15)9(3)13/h4-8H,3H2,1-2H3,(H,14,15). The second-order valence-corrected chi connectivity index (χ2v) is 4.10. The molecule has 0 atom stereocenters. The van der Waals surface area contributed by atoms with E-state index in [1.165, 1.54) is 5.56 Å². The summed E-state index contributed by atoms with van der Waals surface area (Å²) in [5, 5.41) is 2.66. The van der Waals surface area contributed by atoms with Crippen LogP contribution in [-0.2, 0) is 4.79 Å². The molecule has 1 rings (SSSR count). The molecule has 0 bridgehead atoms. The summed E-state index contributed by atoms with van der Waals surface area (Å²) in [5.74, 6) is 0.0682. The van der Waals surface area contributed by atoms with E-state index in [9.17, 15) is 4.79 Å². The Labute approximate surface area is 94.9 Å². The topological polar surface area (TPSA) is 29.1 Å². The molecule has 0 unspecified atom stereocenters. The molecule has 3 heteroatoms. The van der Waals surface area contributed by atoms with Crippen LogP contribution in [0.3, 0.4) is 0 Å². The van der Waals surface area contributed by atoms with Crippen LogP contribution in [0.25, 0.3) is 0 Å². The zero-order chi connectivity index (χ0) is 11.4. The van der Waals surface area contributed by atoms with Gasteiger partial charge >= 0.3 is 0 Å². The summed E-state index contributed by atoms with van der Waals surface area (Å²) in [4.78, 5) is 11.3. The minimum absolute atomic E-state index is 0.00931. The molecular formula is C12H14ClNO. The third-order valence-electron chi connectivity index (χ3n) is 2.06. The first kappa shape index (κ1) is 11.8.